The molecule has 1 nitrogen and oxygen atoms in total. The highest BCUT2D eigenvalue weighted by Crippen LogP contribution is 2.13. The third-order valence-corrected chi connectivity index (χ3v) is 3.50. The van der Waals surface area contributed by atoms with Crippen molar-refractivity contribution in [2.75, 3.05) is 0 Å². The van der Waals surface area contributed by atoms with E-state index in [4.69, 9.17) is 0 Å². The molecule has 0 aliphatic carbocycles. The summed E-state index contributed by atoms with van der Waals surface area (Å²) in [6.07, 6.45) is 1.05. The van der Waals surface area contributed by atoms with Gasteiger partial charge in [-0.05, 0) is 40.1 Å². The first-order valence-corrected chi connectivity index (χ1v) is 6.75. The van der Waals surface area contributed by atoms with Gasteiger partial charge < -0.3 is 0 Å². The van der Waals surface area contributed by atoms with Crippen molar-refractivity contribution < 1.29 is 4.79 Å². The van der Waals surface area contributed by atoms with Crippen LogP contribution >= 0.6 is 27.3 Å². The lowest BCUT2D eigenvalue weighted by Crippen LogP contribution is -2.05. The summed E-state index contributed by atoms with van der Waals surface area (Å²) in [7, 11) is 0. The van der Waals surface area contributed by atoms with Gasteiger partial charge in [-0.3, -0.25) is 4.79 Å². The SMILES string of the molecule is O=C(Cc1ccsc1)Cc1cccc(Br)c1. The van der Waals surface area contributed by atoms with Gasteiger partial charge in [0.25, 0.3) is 0 Å². The average Bonchev–Trinajstić information content (AvgIpc) is 2.70. The molecule has 0 radical (unpaired) electrons. The molecule has 1 aromatic carbocycles. The number of hydrogen-bond acceptors (Lipinski definition) is 2. The molecule has 0 unspecified atom stereocenters. The lowest BCUT2D eigenvalue weighted by atomic mass is 10.0. The number of carbonyl (C=O) groups is 1. The number of carbonyl (C=O) groups excluding carboxylic acids is 1. The maximum absolute atomic E-state index is 11.8. The minimum atomic E-state index is 0.261. The fourth-order valence-electron chi connectivity index (χ4n) is 1.56. The molecule has 1 heterocycles. The van der Waals surface area contributed by atoms with Crippen molar-refractivity contribution in [2.45, 2.75) is 12.8 Å². The normalized spacial score (nSPS) is 10.3. The van der Waals surface area contributed by atoms with Crippen molar-refractivity contribution in [1.82, 2.24) is 0 Å². The number of Topliss-reactive ketones (excluding diaryl/α,β-unsaturated/α-hetero) is 1. The Bertz CT molecular complexity index is 476. The summed E-state index contributed by atoms with van der Waals surface area (Å²) in [6.45, 7) is 0. The second-order valence-corrected chi connectivity index (χ2v) is 5.35. The van der Waals surface area contributed by atoms with Crippen LogP contribution in [0, 0.1) is 0 Å². The van der Waals surface area contributed by atoms with Gasteiger partial charge in [0.1, 0.15) is 5.78 Å². The van der Waals surface area contributed by atoms with Crippen LogP contribution in [0.4, 0.5) is 0 Å². The van der Waals surface area contributed by atoms with E-state index in [-0.39, 0.29) is 5.78 Å². The highest BCUT2D eigenvalue weighted by atomic mass is 79.9. The Kier molecular flexibility index (Phi) is 3.91. The van der Waals surface area contributed by atoms with E-state index >= 15 is 0 Å². The van der Waals surface area contributed by atoms with Crippen LogP contribution in [0.2, 0.25) is 0 Å². The zero-order valence-corrected chi connectivity index (χ0v) is 11.1. The number of thiophene rings is 1. The zero-order valence-electron chi connectivity index (χ0n) is 8.65. The van der Waals surface area contributed by atoms with Crippen molar-refractivity contribution in [2.24, 2.45) is 0 Å². The van der Waals surface area contributed by atoms with Crippen LogP contribution in [0.5, 0.6) is 0 Å². The van der Waals surface area contributed by atoms with E-state index in [9.17, 15) is 4.79 Å². The Hall–Kier alpha value is -0.930. The standard InChI is InChI=1S/C13H11BrOS/c14-12-3-1-2-10(6-12)7-13(15)8-11-4-5-16-9-11/h1-6,9H,7-8H2. The molecule has 0 aliphatic heterocycles. The van der Waals surface area contributed by atoms with E-state index in [0.717, 1.165) is 15.6 Å². The van der Waals surface area contributed by atoms with Gasteiger partial charge in [-0.2, -0.15) is 11.3 Å². The van der Waals surface area contributed by atoms with Crippen LogP contribution in [0.1, 0.15) is 11.1 Å². The number of benzene rings is 1. The molecule has 0 amide bonds. The molecule has 0 bridgehead atoms. The van der Waals surface area contributed by atoms with Gasteiger partial charge in [-0.1, -0.05) is 28.1 Å². The molecular weight excluding hydrogens is 284 g/mol. The van der Waals surface area contributed by atoms with E-state index in [1.165, 1.54) is 0 Å². The number of ketones is 1. The number of hydrogen-bond donors (Lipinski definition) is 0. The Morgan fingerprint density at radius 2 is 2.00 bits per heavy atom. The first-order valence-electron chi connectivity index (χ1n) is 5.01. The number of rotatable bonds is 4. The topological polar surface area (TPSA) is 17.1 Å². The lowest BCUT2D eigenvalue weighted by Gasteiger charge is -2.00. The second-order valence-electron chi connectivity index (χ2n) is 3.65. The minimum Gasteiger partial charge on any atom is -0.299 e. The molecule has 0 atom stereocenters. The fraction of sp³-hybridized carbons (Fsp3) is 0.154. The molecule has 3 heteroatoms. The molecule has 16 heavy (non-hydrogen) atoms. The molecular formula is C13H11BrOS. The van der Waals surface area contributed by atoms with E-state index in [0.29, 0.717) is 12.8 Å². The van der Waals surface area contributed by atoms with Crippen molar-refractivity contribution in [3.05, 3.63) is 56.7 Å². The Morgan fingerprint density at radius 3 is 2.69 bits per heavy atom. The predicted octanol–water partition coefficient (Wildman–Crippen LogP) is 3.86. The molecule has 0 fully saturated rings. The first-order chi connectivity index (χ1) is 7.74. The highest BCUT2D eigenvalue weighted by Gasteiger charge is 2.05. The van der Waals surface area contributed by atoms with E-state index in [1.807, 2.05) is 41.1 Å². The summed E-state index contributed by atoms with van der Waals surface area (Å²) in [5.41, 5.74) is 2.18. The molecule has 0 saturated carbocycles. The van der Waals surface area contributed by atoms with Crippen molar-refractivity contribution in [1.29, 1.82) is 0 Å². The summed E-state index contributed by atoms with van der Waals surface area (Å²) in [5.74, 6) is 0.261. The molecule has 2 rings (SSSR count). The fourth-order valence-corrected chi connectivity index (χ4v) is 2.67. The molecule has 0 aliphatic rings. The van der Waals surface area contributed by atoms with Crippen molar-refractivity contribution in [3.8, 4) is 0 Å². The van der Waals surface area contributed by atoms with Crippen LogP contribution in [0.25, 0.3) is 0 Å². The van der Waals surface area contributed by atoms with Gasteiger partial charge in [0.15, 0.2) is 0 Å². The monoisotopic (exact) mass is 294 g/mol. The second kappa shape index (κ2) is 5.41. The first kappa shape index (κ1) is 11.6. The van der Waals surface area contributed by atoms with Crippen molar-refractivity contribution >= 4 is 33.0 Å². The largest absolute Gasteiger partial charge is 0.299 e. The predicted molar refractivity (Wildman–Crippen MR) is 70.9 cm³/mol. The van der Waals surface area contributed by atoms with Crippen LogP contribution in [-0.2, 0) is 17.6 Å². The van der Waals surface area contributed by atoms with Gasteiger partial charge in [-0.25, -0.2) is 0 Å². The maximum Gasteiger partial charge on any atom is 0.141 e. The molecule has 0 N–H and O–H groups in total. The van der Waals surface area contributed by atoms with Crippen LogP contribution in [-0.4, -0.2) is 5.78 Å². The van der Waals surface area contributed by atoms with Gasteiger partial charge in [0.2, 0.25) is 0 Å². The van der Waals surface area contributed by atoms with Crippen molar-refractivity contribution in [3.63, 3.8) is 0 Å². The summed E-state index contributed by atoms with van der Waals surface area (Å²) in [4.78, 5) is 11.8. The molecule has 2 aromatic rings. The van der Waals surface area contributed by atoms with Gasteiger partial charge in [0.05, 0.1) is 0 Å². The van der Waals surface area contributed by atoms with E-state index in [2.05, 4.69) is 15.9 Å². The smallest absolute Gasteiger partial charge is 0.141 e. The van der Waals surface area contributed by atoms with Crippen LogP contribution < -0.4 is 0 Å². The Morgan fingerprint density at radius 1 is 1.19 bits per heavy atom. The summed E-state index contributed by atoms with van der Waals surface area (Å²) in [5, 5.41) is 4.03. The molecule has 82 valence electrons. The quantitative estimate of drug-likeness (QED) is 0.837. The van der Waals surface area contributed by atoms with E-state index in [1.54, 1.807) is 11.3 Å². The minimum absolute atomic E-state index is 0.261. The van der Waals surface area contributed by atoms with Gasteiger partial charge in [0, 0.05) is 17.3 Å². The zero-order chi connectivity index (χ0) is 11.4. The lowest BCUT2D eigenvalue weighted by molar-refractivity contribution is -0.117. The summed E-state index contributed by atoms with van der Waals surface area (Å²) in [6, 6.07) is 9.90. The molecule has 1 aromatic heterocycles. The third-order valence-electron chi connectivity index (χ3n) is 2.27. The molecule has 0 saturated heterocycles. The average molecular weight is 295 g/mol. The van der Waals surface area contributed by atoms with Gasteiger partial charge in [-0.15, -0.1) is 0 Å². The maximum atomic E-state index is 11.8. The van der Waals surface area contributed by atoms with Gasteiger partial charge >= 0.3 is 0 Å². The highest BCUT2D eigenvalue weighted by molar-refractivity contribution is 9.10. The summed E-state index contributed by atoms with van der Waals surface area (Å²) < 4.78 is 1.02. The number of halogens is 1. The van der Waals surface area contributed by atoms with Crippen LogP contribution in [0.15, 0.2) is 45.6 Å². The van der Waals surface area contributed by atoms with E-state index < -0.39 is 0 Å². The Labute approximate surface area is 107 Å². The third kappa shape index (κ3) is 3.29. The Balaban J connectivity index is 1.97. The molecule has 0 spiro atoms. The summed E-state index contributed by atoms with van der Waals surface area (Å²) >= 11 is 5.03. The van der Waals surface area contributed by atoms with Crippen LogP contribution in [0.3, 0.4) is 0 Å².